The summed E-state index contributed by atoms with van der Waals surface area (Å²) in [5.74, 6) is -1.07. The molecular formula is C15H16N2O2S. The Kier molecular flexibility index (Phi) is 4.09. The van der Waals surface area contributed by atoms with Crippen molar-refractivity contribution in [1.82, 2.24) is 9.97 Å². The van der Waals surface area contributed by atoms with E-state index in [2.05, 4.69) is 42.9 Å². The van der Waals surface area contributed by atoms with Gasteiger partial charge in [0, 0.05) is 4.90 Å². The van der Waals surface area contributed by atoms with Crippen LogP contribution in [0.15, 0.2) is 46.6 Å². The van der Waals surface area contributed by atoms with E-state index in [9.17, 15) is 4.79 Å². The molecule has 0 amide bonds. The number of carboxylic acid groups (broad SMARTS) is 1. The molecule has 0 atom stereocenters. The Bertz CT molecular complexity index is 619. The number of benzene rings is 1. The molecule has 0 aliphatic heterocycles. The fraction of sp³-hybridized carbons (Fsp3) is 0.267. The Morgan fingerprint density at radius 1 is 1.15 bits per heavy atom. The van der Waals surface area contributed by atoms with Crippen LogP contribution >= 0.6 is 11.8 Å². The summed E-state index contributed by atoms with van der Waals surface area (Å²) < 4.78 is 0. The molecule has 0 bridgehead atoms. The first-order valence-electron chi connectivity index (χ1n) is 6.20. The van der Waals surface area contributed by atoms with Crippen LogP contribution in [0.4, 0.5) is 0 Å². The number of aromatic carboxylic acids is 1. The van der Waals surface area contributed by atoms with Crippen molar-refractivity contribution in [3.8, 4) is 0 Å². The number of carboxylic acids is 1. The smallest absolute Gasteiger partial charge is 0.356 e. The standard InChI is InChI=1S/C15H16N2O2S/c1-15(2,3)10-4-6-11(7-5-10)20-13-9-16-8-12(17-13)14(18)19/h4-9H,1-3H3,(H,18,19). The number of nitrogens with zero attached hydrogens (tertiary/aromatic N) is 2. The molecule has 0 spiro atoms. The van der Waals surface area contributed by atoms with Gasteiger partial charge in [0.05, 0.1) is 12.4 Å². The highest BCUT2D eigenvalue weighted by atomic mass is 32.2. The number of hydrogen-bond acceptors (Lipinski definition) is 4. The van der Waals surface area contributed by atoms with Gasteiger partial charge in [-0.1, -0.05) is 44.7 Å². The average molecular weight is 288 g/mol. The van der Waals surface area contributed by atoms with Gasteiger partial charge in [-0.25, -0.2) is 9.78 Å². The predicted octanol–water partition coefficient (Wildman–Crippen LogP) is 3.62. The van der Waals surface area contributed by atoms with Gasteiger partial charge in [0.1, 0.15) is 5.03 Å². The van der Waals surface area contributed by atoms with E-state index in [0.29, 0.717) is 5.03 Å². The van der Waals surface area contributed by atoms with Crippen LogP contribution in [0.1, 0.15) is 36.8 Å². The van der Waals surface area contributed by atoms with Crippen molar-refractivity contribution in [1.29, 1.82) is 0 Å². The molecule has 0 aliphatic carbocycles. The first-order valence-corrected chi connectivity index (χ1v) is 7.01. The lowest BCUT2D eigenvalue weighted by Crippen LogP contribution is -2.10. The molecule has 1 heterocycles. The molecule has 2 aromatic rings. The monoisotopic (exact) mass is 288 g/mol. The second-order valence-corrected chi connectivity index (χ2v) is 6.52. The molecule has 0 fully saturated rings. The highest BCUT2D eigenvalue weighted by Crippen LogP contribution is 2.29. The van der Waals surface area contributed by atoms with E-state index < -0.39 is 5.97 Å². The Labute approximate surface area is 122 Å². The molecule has 4 nitrogen and oxygen atoms in total. The van der Waals surface area contributed by atoms with E-state index in [1.165, 1.54) is 23.5 Å². The van der Waals surface area contributed by atoms with Crippen LogP contribution in [0.2, 0.25) is 0 Å². The lowest BCUT2D eigenvalue weighted by atomic mass is 9.87. The van der Waals surface area contributed by atoms with Crippen molar-refractivity contribution < 1.29 is 9.90 Å². The minimum absolute atomic E-state index is 0.0405. The average Bonchev–Trinajstić information content (AvgIpc) is 2.38. The summed E-state index contributed by atoms with van der Waals surface area (Å²) in [6.07, 6.45) is 2.81. The minimum Gasteiger partial charge on any atom is -0.476 e. The fourth-order valence-corrected chi connectivity index (χ4v) is 2.42. The van der Waals surface area contributed by atoms with Gasteiger partial charge < -0.3 is 5.11 Å². The number of hydrogen-bond donors (Lipinski definition) is 1. The normalized spacial score (nSPS) is 11.3. The van der Waals surface area contributed by atoms with E-state index >= 15 is 0 Å². The quantitative estimate of drug-likeness (QED) is 0.934. The lowest BCUT2D eigenvalue weighted by Gasteiger charge is -2.18. The molecule has 0 aliphatic rings. The molecule has 0 radical (unpaired) electrons. The van der Waals surface area contributed by atoms with Crippen molar-refractivity contribution in [3.63, 3.8) is 0 Å². The lowest BCUT2D eigenvalue weighted by molar-refractivity contribution is 0.0689. The van der Waals surface area contributed by atoms with Crippen LogP contribution in [-0.2, 0) is 5.41 Å². The molecule has 0 unspecified atom stereocenters. The minimum atomic E-state index is -1.07. The van der Waals surface area contributed by atoms with E-state index in [1.807, 2.05) is 12.1 Å². The maximum absolute atomic E-state index is 10.8. The van der Waals surface area contributed by atoms with Crippen molar-refractivity contribution in [3.05, 3.63) is 47.9 Å². The second kappa shape index (κ2) is 5.63. The summed E-state index contributed by atoms with van der Waals surface area (Å²) >= 11 is 1.40. The molecule has 5 heteroatoms. The first kappa shape index (κ1) is 14.5. The number of aromatic nitrogens is 2. The Morgan fingerprint density at radius 3 is 2.35 bits per heavy atom. The van der Waals surface area contributed by atoms with E-state index in [1.54, 1.807) is 6.20 Å². The van der Waals surface area contributed by atoms with Crippen LogP contribution in [0.5, 0.6) is 0 Å². The maximum atomic E-state index is 10.8. The third kappa shape index (κ3) is 3.57. The van der Waals surface area contributed by atoms with Gasteiger partial charge in [-0.3, -0.25) is 4.98 Å². The van der Waals surface area contributed by atoms with Crippen LogP contribution < -0.4 is 0 Å². The summed E-state index contributed by atoms with van der Waals surface area (Å²) in [6.45, 7) is 6.49. The Balaban J connectivity index is 2.18. The number of carbonyl (C=O) groups is 1. The van der Waals surface area contributed by atoms with Gasteiger partial charge in [0.25, 0.3) is 0 Å². The van der Waals surface area contributed by atoms with E-state index in [4.69, 9.17) is 5.11 Å². The summed E-state index contributed by atoms with van der Waals surface area (Å²) in [5.41, 5.74) is 1.33. The SMILES string of the molecule is CC(C)(C)c1ccc(Sc2cncc(C(=O)O)n2)cc1. The fourth-order valence-electron chi connectivity index (χ4n) is 1.64. The Hall–Kier alpha value is -1.88. The highest BCUT2D eigenvalue weighted by molar-refractivity contribution is 7.99. The first-order chi connectivity index (χ1) is 9.36. The number of rotatable bonds is 3. The summed E-state index contributed by atoms with van der Waals surface area (Å²) in [4.78, 5) is 19.8. The zero-order chi connectivity index (χ0) is 14.8. The third-order valence-corrected chi connectivity index (χ3v) is 3.69. The van der Waals surface area contributed by atoms with Gasteiger partial charge >= 0.3 is 5.97 Å². The van der Waals surface area contributed by atoms with Crippen LogP contribution in [-0.4, -0.2) is 21.0 Å². The molecule has 20 heavy (non-hydrogen) atoms. The molecule has 0 saturated heterocycles. The van der Waals surface area contributed by atoms with Crippen LogP contribution in [0, 0.1) is 0 Å². The summed E-state index contributed by atoms with van der Waals surface area (Å²) in [6, 6.07) is 8.19. The maximum Gasteiger partial charge on any atom is 0.356 e. The van der Waals surface area contributed by atoms with E-state index in [-0.39, 0.29) is 11.1 Å². The van der Waals surface area contributed by atoms with Gasteiger partial charge in [0.2, 0.25) is 0 Å². The van der Waals surface area contributed by atoms with Gasteiger partial charge in [-0.05, 0) is 23.1 Å². The summed E-state index contributed by atoms with van der Waals surface area (Å²) in [7, 11) is 0. The topological polar surface area (TPSA) is 63.1 Å². The largest absolute Gasteiger partial charge is 0.476 e. The predicted molar refractivity (Wildman–Crippen MR) is 78.3 cm³/mol. The molecule has 1 N–H and O–H groups in total. The van der Waals surface area contributed by atoms with Crippen molar-refractivity contribution in [2.24, 2.45) is 0 Å². The summed E-state index contributed by atoms with van der Waals surface area (Å²) in [5, 5.41) is 9.47. The van der Waals surface area contributed by atoms with Gasteiger partial charge in [0.15, 0.2) is 5.69 Å². The molecule has 104 valence electrons. The Morgan fingerprint density at radius 2 is 1.80 bits per heavy atom. The van der Waals surface area contributed by atoms with Gasteiger partial charge in [-0.15, -0.1) is 0 Å². The van der Waals surface area contributed by atoms with Gasteiger partial charge in [-0.2, -0.15) is 0 Å². The van der Waals surface area contributed by atoms with Crippen LogP contribution in [0.25, 0.3) is 0 Å². The van der Waals surface area contributed by atoms with Crippen molar-refractivity contribution in [2.75, 3.05) is 0 Å². The molecule has 1 aromatic heterocycles. The zero-order valence-electron chi connectivity index (χ0n) is 11.6. The molecular weight excluding hydrogens is 272 g/mol. The molecule has 2 rings (SSSR count). The molecule has 0 saturated carbocycles. The third-order valence-electron chi connectivity index (χ3n) is 2.77. The zero-order valence-corrected chi connectivity index (χ0v) is 12.4. The second-order valence-electron chi connectivity index (χ2n) is 5.42. The van der Waals surface area contributed by atoms with Crippen molar-refractivity contribution in [2.45, 2.75) is 36.1 Å². The van der Waals surface area contributed by atoms with E-state index in [0.717, 1.165) is 4.90 Å². The highest BCUT2D eigenvalue weighted by Gasteiger charge is 2.13. The van der Waals surface area contributed by atoms with Crippen molar-refractivity contribution >= 4 is 17.7 Å². The van der Waals surface area contributed by atoms with Crippen LogP contribution in [0.3, 0.4) is 0 Å². The molecule has 1 aromatic carbocycles.